The lowest BCUT2D eigenvalue weighted by atomic mass is 9.71. The van der Waals surface area contributed by atoms with E-state index in [9.17, 15) is 14.4 Å². The van der Waals surface area contributed by atoms with E-state index in [4.69, 9.17) is 15.6 Å². The lowest BCUT2D eigenvalue weighted by Crippen LogP contribution is -2.45. The summed E-state index contributed by atoms with van der Waals surface area (Å²) >= 11 is 0. The van der Waals surface area contributed by atoms with Gasteiger partial charge in [-0.25, -0.2) is 4.79 Å². The maximum Gasteiger partial charge on any atom is 0.322 e. The highest BCUT2D eigenvalue weighted by molar-refractivity contribution is 5.98. The van der Waals surface area contributed by atoms with Gasteiger partial charge in [0.1, 0.15) is 11.8 Å². The first kappa shape index (κ1) is 28.2. The summed E-state index contributed by atoms with van der Waals surface area (Å²) in [5.74, 6) is -0.187. The number of aliphatic carboxylic acids is 1. The van der Waals surface area contributed by atoms with E-state index in [0.29, 0.717) is 29.5 Å². The Morgan fingerprint density at radius 3 is 2.14 bits per heavy atom. The van der Waals surface area contributed by atoms with Gasteiger partial charge in [0.05, 0.1) is 7.11 Å². The molecular weight excluding hydrogens is 470 g/mol. The molecular formula is C29H39N3O5. The fourth-order valence-corrected chi connectivity index (χ4v) is 4.89. The minimum absolute atomic E-state index is 0.103. The number of urea groups is 1. The highest BCUT2D eigenvalue weighted by atomic mass is 16.5. The number of methoxy groups -OCH3 is 1. The van der Waals surface area contributed by atoms with Crippen LogP contribution in [0.5, 0.6) is 5.75 Å². The van der Waals surface area contributed by atoms with E-state index >= 15 is 0 Å². The van der Waals surface area contributed by atoms with E-state index < -0.39 is 12.0 Å². The number of rotatable bonds is 9. The number of carbonyl (C=O) groups excluding carboxylic acids is 2. The van der Waals surface area contributed by atoms with Crippen molar-refractivity contribution < 1.29 is 24.2 Å². The average molecular weight is 510 g/mol. The second-order valence-corrected chi connectivity index (χ2v) is 10.9. The Morgan fingerprint density at radius 1 is 1.03 bits per heavy atom. The van der Waals surface area contributed by atoms with Crippen molar-refractivity contribution in [3.63, 3.8) is 0 Å². The SMILES string of the molecule is COc1ccc(NC(=O)N(Cc2ccc(C(=O)CC(N)C(=O)O)cc2)C2CCC(C(C)(C)C)CC2)cc1. The number of nitrogens with one attached hydrogen (secondary N) is 1. The number of carboxylic acid groups (broad SMARTS) is 1. The molecule has 2 aromatic rings. The quantitative estimate of drug-likeness (QED) is 0.393. The molecule has 4 N–H and O–H groups in total. The molecule has 0 spiro atoms. The van der Waals surface area contributed by atoms with Gasteiger partial charge >= 0.3 is 12.0 Å². The first-order chi connectivity index (χ1) is 17.5. The van der Waals surface area contributed by atoms with Crippen LogP contribution >= 0.6 is 0 Å². The predicted molar refractivity (Wildman–Crippen MR) is 144 cm³/mol. The number of hydrogen-bond acceptors (Lipinski definition) is 5. The van der Waals surface area contributed by atoms with Gasteiger partial charge in [-0.05, 0) is 66.8 Å². The van der Waals surface area contributed by atoms with Crippen LogP contribution in [0, 0.1) is 11.3 Å². The van der Waals surface area contributed by atoms with Gasteiger partial charge in [0, 0.05) is 30.3 Å². The number of ether oxygens (including phenoxy) is 1. The molecule has 1 fully saturated rings. The lowest BCUT2D eigenvalue weighted by molar-refractivity contribution is -0.138. The number of hydrogen-bond donors (Lipinski definition) is 3. The topological polar surface area (TPSA) is 122 Å². The summed E-state index contributed by atoms with van der Waals surface area (Å²) < 4.78 is 5.21. The molecule has 0 radical (unpaired) electrons. The molecule has 3 rings (SSSR count). The van der Waals surface area contributed by atoms with Crippen LogP contribution in [0.4, 0.5) is 10.5 Å². The molecule has 0 aromatic heterocycles. The summed E-state index contributed by atoms with van der Waals surface area (Å²) in [6.07, 6.45) is 3.74. The van der Waals surface area contributed by atoms with E-state index in [1.807, 2.05) is 29.2 Å². The molecule has 8 heteroatoms. The molecule has 200 valence electrons. The van der Waals surface area contributed by atoms with Crippen LogP contribution in [0.2, 0.25) is 0 Å². The molecule has 1 aliphatic rings. The van der Waals surface area contributed by atoms with Crippen LogP contribution in [-0.4, -0.2) is 47.0 Å². The molecule has 0 heterocycles. The predicted octanol–water partition coefficient (Wildman–Crippen LogP) is 5.32. The molecule has 1 atom stereocenters. The van der Waals surface area contributed by atoms with Crippen molar-refractivity contribution >= 4 is 23.5 Å². The maximum atomic E-state index is 13.5. The molecule has 0 aliphatic heterocycles. The van der Waals surface area contributed by atoms with Gasteiger partial charge in [0.25, 0.3) is 0 Å². The van der Waals surface area contributed by atoms with Gasteiger partial charge in [0.2, 0.25) is 0 Å². The molecule has 1 saturated carbocycles. The van der Waals surface area contributed by atoms with Gasteiger partial charge in [0.15, 0.2) is 5.78 Å². The van der Waals surface area contributed by atoms with Gasteiger partial charge < -0.3 is 25.8 Å². The van der Waals surface area contributed by atoms with Gasteiger partial charge in [-0.3, -0.25) is 9.59 Å². The highest BCUT2D eigenvalue weighted by Crippen LogP contribution is 2.39. The highest BCUT2D eigenvalue weighted by Gasteiger charge is 2.33. The zero-order valence-corrected chi connectivity index (χ0v) is 22.2. The lowest BCUT2D eigenvalue weighted by Gasteiger charge is -2.41. The number of ketones is 1. The van der Waals surface area contributed by atoms with Crippen molar-refractivity contribution in [1.82, 2.24) is 4.90 Å². The molecule has 2 amide bonds. The minimum Gasteiger partial charge on any atom is -0.497 e. The third-order valence-corrected chi connectivity index (χ3v) is 7.32. The largest absolute Gasteiger partial charge is 0.497 e. The minimum atomic E-state index is -1.23. The van der Waals surface area contributed by atoms with Crippen LogP contribution in [0.15, 0.2) is 48.5 Å². The Hall–Kier alpha value is -3.39. The molecule has 1 aliphatic carbocycles. The summed E-state index contributed by atoms with van der Waals surface area (Å²) in [6, 6.07) is 12.9. The summed E-state index contributed by atoms with van der Waals surface area (Å²) in [6.45, 7) is 7.23. The van der Waals surface area contributed by atoms with E-state index in [0.717, 1.165) is 31.2 Å². The zero-order chi connectivity index (χ0) is 27.2. The van der Waals surface area contributed by atoms with Crippen molar-refractivity contribution in [2.45, 2.75) is 71.5 Å². The number of Topliss-reactive ketones (excluding diaryl/α,β-unsaturated/α-hetero) is 1. The Bertz CT molecular complexity index is 1070. The molecule has 0 saturated heterocycles. The number of nitrogens with zero attached hydrogens (tertiary/aromatic N) is 1. The third kappa shape index (κ3) is 7.79. The second-order valence-electron chi connectivity index (χ2n) is 10.9. The summed E-state index contributed by atoms with van der Waals surface area (Å²) in [5.41, 5.74) is 7.73. The van der Waals surface area contributed by atoms with Crippen LogP contribution in [0.3, 0.4) is 0 Å². The van der Waals surface area contributed by atoms with E-state index in [2.05, 4.69) is 26.1 Å². The Kier molecular flexibility index (Phi) is 9.32. The number of carbonyl (C=O) groups is 3. The zero-order valence-electron chi connectivity index (χ0n) is 22.2. The monoisotopic (exact) mass is 509 g/mol. The molecule has 37 heavy (non-hydrogen) atoms. The summed E-state index contributed by atoms with van der Waals surface area (Å²) in [7, 11) is 1.60. The van der Waals surface area contributed by atoms with Crippen LogP contribution in [0.1, 0.15) is 68.8 Å². The Morgan fingerprint density at radius 2 is 1.62 bits per heavy atom. The molecule has 0 bridgehead atoms. The standard InChI is InChI=1S/C29H39N3O5/c1-29(2,3)21-9-13-23(14-10-21)32(28(36)31-22-11-15-24(37-4)16-12-22)18-19-5-7-20(8-6-19)26(33)17-25(30)27(34)35/h5-8,11-12,15-16,21,23,25H,9-10,13-14,17-18,30H2,1-4H3,(H,31,36)(H,34,35). The number of carboxylic acids is 1. The molecule has 2 aromatic carbocycles. The number of amides is 2. The average Bonchev–Trinajstić information content (AvgIpc) is 2.87. The van der Waals surface area contributed by atoms with E-state index in [1.165, 1.54) is 0 Å². The van der Waals surface area contributed by atoms with Crippen molar-refractivity contribution in [3.8, 4) is 5.75 Å². The smallest absolute Gasteiger partial charge is 0.322 e. The second kappa shape index (κ2) is 12.2. The van der Waals surface area contributed by atoms with Crippen molar-refractivity contribution in [3.05, 3.63) is 59.7 Å². The van der Waals surface area contributed by atoms with Gasteiger partial charge in [-0.1, -0.05) is 45.0 Å². The summed E-state index contributed by atoms with van der Waals surface area (Å²) in [5, 5.41) is 12.0. The van der Waals surface area contributed by atoms with Gasteiger partial charge in [-0.2, -0.15) is 0 Å². The Balaban J connectivity index is 1.75. The van der Waals surface area contributed by atoms with Crippen molar-refractivity contribution in [2.24, 2.45) is 17.1 Å². The molecule has 1 unspecified atom stereocenters. The number of nitrogens with two attached hydrogens (primary N) is 1. The van der Waals surface area contributed by atoms with Crippen LogP contribution in [0.25, 0.3) is 0 Å². The van der Waals surface area contributed by atoms with Gasteiger partial charge in [-0.15, -0.1) is 0 Å². The van der Waals surface area contributed by atoms with E-state index in [1.54, 1.807) is 31.4 Å². The Labute approximate surface area is 219 Å². The fourth-order valence-electron chi connectivity index (χ4n) is 4.89. The van der Waals surface area contributed by atoms with Crippen LogP contribution in [-0.2, 0) is 11.3 Å². The number of benzene rings is 2. The normalized spacial score (nSPS) is 18.5. The van der Waals surface area contributed by atoms with Crippen molar-refractivity contribution in [1.29, 1.82) is 0 Å². The first-order valence-corrected chi connectivity index (χ1v) is 12.8. The van der Waals surface area contributed by atoms with E-state index in [-0.39, 0.29) is 29.7 Å². The summed E-state index contributed by atoms with van der Waals surface area (Å²) in [4.78, 5) is 38.7. The van der Waals surface area contributed by atoms with Crippen molar-refractivity contribution in [2.75, 3.05) is 12.4 Å². The molecule has 8 nitrogen and oxygen atoms in total. The maximum absolute atomic E-state index is 13.5. The third-order valence-electron chi connectivity index (χ3n) is 7.32. The fraction of sp³-hybridized carbons (Fsp3) is 0.483. The number of anilines is 1. The first-order valence-electron chi connectivity index (χ1n) is 12.8. The van der Waals surface area contributed by atoms with Crippen LogP contribution < -0.4 is 15.8 Å².